The number of anilines is 1. The van der Waals surface area contributed by atoms with Gasteiger partial charge < -0.3 is 14.8 Å². The maximum Gasteiger partial charge on any atom is 0.263 e. The van der Waals surface area contributed by atoms with Gasteiger partial charge in [0.1, 0.15) is 17.1 Å². The summed E-state index contributed by atoms with van der Waals surface area (Å²) in [5, 5.41) is 2.72. The van der Waals surface area contributed by atoms with Crippen LogP contribution in [-0.2, 0) is 10.0 Å². The number of ether oxygens (including phenoxy) is 2. The highest BCUT2D eigenvalue weighted by Crippen LogP contribution is 2.29. The molecule has 146 valence electrons. The summed E-state index contributed by atoms with van der Waals surface area (Å²) < 4.78 is 37.6. The first-order chi connectivity index (χ1) is 12.8. The average Bonchev–Trinajstić information content (AvgIpc) is 2.67. The highest BCUT2D eigenvalue weighted by molar-refractivity contribution is 7.89. The molecule has 0 saturated carbocycles. The van der Waals surface area contributed by atoms with E-state index in [1.54, 1.807) is 25.1 Å². The topological polar surface area (TPSA) is 93.7 Å². The van der Waals surface area contributed by atoms with E-state index >= 15 is 0 Å². The van der Waals surface area contributed by atoms with Crippen LogP contribution >= 0.6 is 0 Å². The van der Waals surface area contributed by atoms with Crippen molar-refractivity contribution in [3.8, 4) is 11.5 Å². The van der Waals surface area contributed by atoms with Crippen molar-refractivity contribution >= 4 is 21.6 Å². The molecule has 2 aromatic rings. The van der Waals surface area contributed by atoms with Gasteiger partial charge in [-0.05, 0) is 49.7 Å². The van der Waals surface area contributed by atoms with Gasteiger partial charge in [0, 0.05) is 11.7 Å². The van der Waals surface area contributed by atoms with Gasteiger partial charge in [-0.3, -0.25) is 4.79 Å². The first kappa shape index (κ1) is 20.7. The smallest absolute Gasteiger partial charge is 0.263 e. The zero-order valence-electron chi connectivity index (χ0n) is 15.8. The molecule has 7 nitrogen and oxygen atoms in total. The van der Waals surface area contributed by atoms with Crippen molar-refractivity contribution in [3.05, 3.63) is 48.0 Å². The summed E-state index contributed by atoms with van der Waals surface area (Å²) in [6.45, 7) is 3.70. The van der Waals surface area contributed by atoms with E-state index in [0.29, 0.717) is 23.6 Å². The van der Waals surface area contributed by atoms with Crippen LogP contribution < -0.4 is 19.5 Å². The lowest BCUT2D eigenvalue weighted by atomic mass is 10.1. The Morgan fingerprint density at radius 1 is 1.04 bits per heavy atom. The minimum absolute atomic E-state index is 0.135. The highest BCUT2D eigenvalue weighted by Gasteiger charge is 2.19. The van der Waals surface area contributed by atoms with Gasteiger partial charge in [-0.15, -0.1) is 0 Å². The Morgan fingerprint density at radius 2 is 1.59 bits per heavy atom. The molecule has 2 aromatic carbocycles. The lowest BCUT2D eigenvalue weighted by Crippen LogP contribution is -2.31. The minimum atomic E-state index is -3.59. The van der Waals surface area contributed by atoms with Gasteiger partial charge >= 0.3 is 0 Å². The Hall–Kier alpha value is -2.58. The number of rotatable bonds is 8. The van der Waals surface area contributed by atoms with Gasteiger partial charge in [-0.2, -0.15) is 0 Å². The zero-order chi connectivity index (χ0) is 20.0. The van der Waals surface area contributed by atoms with Gasteiger partial charge in [0.2, 0.25) is 10.0 Å². The fourth-order valence-corrected chi connectivity index (χ4v) is 3.73. The van der Waals surface area contributed by atoms with Gasteiger partial charge in [0.25, 0.3) is 5.91 Å². The van der Waals surface area contributed by atoms with E-state index in [4.69, 9.17) is 9.47 Å². The van der Waals surface area contributed by atoms with Gasteiger partial charge in [0.05, 0.1) is 19.1 Å². The van der Waals surface area contributed by atoms with Gasteiger partial charge in [-0.25, -0.2) is 13.1 Å². The Bertz CT molecular complexity index is 873. The summed E-state index contributed by atoms with van der Waals surface area (Å²) in [5.41, 5.74) is 0.716. The number of amides is 1. The number of benzene rings is 2. The zero-order valence-corrected chi connectivity index (χ0v) is 16.6. The van der Waals surface area contributed by atoms with E-state index in [-0.39, 0.29) is 16.5 Å². The number of nitrogens with one attached hydrogen (secondary N) is 2. The van der Waals surface area contributed by atoms with E-state index in [0.717, 1.165) is 0 Å². The molecule has 0 aromatic heterocycles. The van der Waals surface area contributed by atoms with Crippen molar-refractivity contribution < 1.29 is 22.7 Å². The van der Waals surface area contributed by atoms with E-state index in [9.17, 15) is 13.2 Å². The standard InChI is InChI=1S/C19H24N2O5S/c1-5-13(2)21-27(23,24)15-11-9-14(10-12-15)20-19(22)18-16(25-3)7-6-8-17(18)26-4/h6-13,21H,5H2,1-4H3,(H,20,22). The molecule has 0 heterocycles. The molecule has 0 saturated heterocycles. The second-order valence-electron chi connectivity index (χ2n) is 5.95. The Morgan fingerprint density at radius 3 is 2.07 bits per heavy atom. The summed E-state index contributed by atoms with van der Waals surface area (Å²) in [4.78, 5) is 12.8. The third-order valence-electron chi connectivity index (χ3n) is 4.05. The van der Waals surface area contributed by atoms with Crippen LogP contribution in [0.25, 0.3) is 0 Å². The number of hydrogen-bond acceptors (Lipinski definition) is 5. The Kier molecular flexibility index (Phi) is 6.81. The summed E-state index contributed by atoms with van der Waals surface area (Å²) in [7, 11) is -0.658. The van der Waals surface area contributed by atoms with Crippen molar-refractivity contribution in [1.29, 1.82) is 0 Å². The quantitative estimate of drug-likeness (QED) is 0.720. The average molecular weight is 392 g/mol. The van der Waals surface area contributed by atoms with Gasteiger partial charge in [-0.1, -0.05) is 13.0 Å². The van der Waals surface area contributed by atoms with E-state index in [1.165, 1.54) is 38.5 Å². The molecule has 0 radical (unpaired) electrons. The number of carbonyl (C=O) groups excluding carboxylic acids is 1. The van der Waals surface area contributed by atoms with Crippen LogP contribution in [0.2, 0.25) is 0 Å². The van der Waals surface area contributed by atoms with Crippen LogP contribution in [-0.4, -0.2) is 34.6 Å². The molecule has 0 fully saturated rings. The molecule has 0 aliphatic rings. The van der Waals surface area contributed by atoms with Crippen molar-refractivity contribution in [2.45, 2.75) is 31.2 Å². The molecule has 1 amide bonds. The SMILES string of the molecule is CCC(C)NS(=O)(=O)c1ccc(NC(=O)c2c(OC)cccc2OC)cc1. The first-order valence-corrected chi connectivity index (χ1v) is 9.95. The minimum Gasteiger partial charge on any atom is -0.496 e. The van der Waals surface area contributed by atoms with Crippen molar-refractivity contribution in [1.82, 2.24) is 4.72 Å². The molecular weight excluding hydrogens is 368 g/mol. The highest BCUT2D eigenvalue weighted by atomic mass is 32.2. The number of sulfonamides is 1. The predicted octanol–water partition coefficient (Wildman–Crippen LogP) is 3.03. The number of carbonyl (C=O) groups is 1. The molecule has 2 N–H and O–H groups in total. The molecule has 0 spiro atoms. The van der Waals surface area contributed by atoms with Crippen molar-refractivity contribution in [3.63, 3.8) is 0 Å². The van der Waals surface area contributed by atoms with Crippen LogP contribution in [0, 0.1) is 0 Å². The number of hydrogen-bond donors (Lipinski definition) is 2. The molecule has 0 aliphatic heterocycles. The maximum atomic E-state index is 12.6. The third kappa shape index (κ3) is 4.99. The number of methoxy groups -OCH3 is 2. The second-order valence-corrected chi connectivity index (χ2v) is 7.66. The van der Waals surface area contributed by atoms with Crippen LogP contribution in [0.15, 0.2) is 47.4 Å². The maximum absolute atomic E-state index is 12.6. The molecule has 0 bridgehead atoms. The van der Waals surface area contributed by atoms with E-state index < -0.39 is 15.9 Å². The summed E-state index contributed by atoms with van der Waals surface area (Å²) in [6, 6.07) is 10.8. The molecule has 27 heavy (non-hydrogen) atoms. The van der Waals surface area contributed by atoms with Crippen molar-refractivity contribution in [2.75, 3.05) is 19.5 Å². The van der Waals surface area contributed by atoms with Crippen LogP contribution in [0.1, 0.15) is 30.6 Å². The summed E-state index contributed by atoms with van der Waals surface area (Å²) in [5.74, 6) is 0.338. The lowest BCUT2D eigenvalue weighted by molar-refractivity contribution is 0.102. The van der Waals surface area contributed by atoms with Crippen LogP contribution in [0.4, 0.5) is 5.69 Å². The fraction of sp³-hybridized carbons (Fsp3) is 0.316. The van der Waals surface area contributed by atoms with Crippen LogP contribution in [0.5, 0.6) is 11.5 Å². The fourth-order valence-electron chi connectivity index (χ4n) is 2.40. The molecular formula is C19H24N2O5S. The molecule has 2 rings (SSSR count). The third-order valence-corrected chi connectivity index (χ3v) is 5.65. The van der Waals surface area contributed by atoms with E-state index in [1.807, 2.05) is 6.92 Å². The monoisotopic (exact) mass is 392 g/mol. The molecule has 8 heteroatoms. The van der Waals surface area contributed by atoms with E-state index in [2.05, 4.69) is 10.0 Å². The predicted molar refractivity (Wildman–Crippen MR) is 104 cm³/mol. The molecule has 0 aliphatic carbocycles. The summed E-state index contributed by atoms with van der Waals surface area (Å²) >= 11 is 0. The Labute approximate surface area is 159 Å². The normalized spacial score (nSPS) is 12.3. The van der Waals surface area contributed by atoms with Crippen LogP contribution in [0.3, 0.4) is 0 Å². The van der Waals surface area contributed by atoms with Crippen molar-refractivity contribution in [2.24, 2.45) is 0 Å². The molecule has 1 unspecified atom stereocenters. The molecule has 1 atom stereocenters. The first-order valence-electron chi connectivity index (χ1n) is 8.47. The Balaban J connectivity index is 2.21. The second kappa shape index (κ2) is 8.88. The summed E-state index contributed by atoms with van der Waals surface area (Å²) in [6.07, 6.45) is 0.689. The lowest BCUT2D eigenvalue weighted by Gasteiger charge is -2.14. The largest absolute Gasteiger partial charge is 0.496 e. The van der Waals surface area contributed by atoms with Gasteiger partial charge in [0.15, 0.2) is 0 Å².